The van der Waals surface area contributed by atoms with Crippen LogP contribution in [-0.4, -0.2) is 29.9 Å². The summed E-state index contributed by atoms with van der Waals surface area (Å²) in [5.74, 6) is -0.657. The molecule has 0 radical (unpaired) electrons. The first-order valence-electron chi connectivity index (χ1n) is 8.47. The van der Waals surface area contributed by atoms with Crippen molar-refractivity contribution >= 4 is 52.3 Å². The molecular weight excluding hydrogens is 416 g/mol. The minimum atomic E-state index is -0.472. The number of carbonyl (C=O) groups excluding carboxylic acids is 3. The highest BCUT2D eigenvalue weighted by Gasteiger charge is 2.11. The van der Waals surface area contributed by atoms with Gasteiger partial charge in [-0.1, -0.05) is 23.7 Å². The maximum atomic E-state index is 12.1. The van der Waals surface area contributed by atoms with Gasteiger partial charge in [0.1, 0.15) is 5.75 Å². The van der Waals surface area contributed by atoms with Crippen LogP contribution in [0.25, 0.3) is 0 Å². The largest absolute Gasteiger partial charge is 0.497 e. The molecule has 4 N–H and O–H groups in total. The topological polar surface area (TPSA) is 109 Å². The molecule has 0 bridgehead atoms. The zero-order valence-corrected chi connectivity index (χ0v) is 17.0. The molecule has 0 saturated heterocycles. The van der Waals surface area contributed by atoms with E-state index in [1.807, 2.05) is 0 Å². The monoisotopic (exact) mass is 434 g/mol. The molecule has 0 fully saturated rings. The van der Waals surface area contributed by atoms with E-state index in [4.69, 9.17) is 28.6 Å². The molecule has 3 amide bonds. The highest BCUT2D eigenvalue weighted by molar-refractivity contribution is 7.80. The fourth-order valence-electron chi connectivity index (χ4n) is 2.14. The summed E-state index contributed by atoms with van der Waals surface area (Å²) in [5.41, 5.74) is 5.57. The van der Waals surface area contributed by atoms with Crippen molar-refractivity contribution in [2.24, 2.45) is 0 Å². The van der Waals surface area contributed by atoms with Crippen LogP contribution in [0.3, 0.4) is 0 Å². The maximum absolute atomic E-state index is 12.1. The van der Waals surface area contributed by atoms with E-state index in [1.165, 1.54) is 7.11 Å². The lowest BCUT2D eigenvalue weighted by Gasteiger charge is -2.11. The van der Waals surface area contributed by atoms with Gasteiger partial charge in [-0.25, -0.2) is 0 Å². The van der Waals surface area contributed by atoms with Crippen molar-refractivity contribution in [2.75, 3.05) is 12.4 Å². The molecule has 0 spiro atoms. The van der Waals surface area contributed by atoms with Gasteiger partial charge in [-0.2, -0.15) is 0 Å². The third-order valence-electron chi connectivity index (χ3n) is 3.62. The molecule has 2 aromatic rings. The van der Waals surface area contributed by atoms with E-state index >= 15 is 0 Å². The van der Waals surface area contributed by atoms with Crippen molar-refractivity contribution in [3.63, 3.8) is 0 Å². The van der Waals surface area contributed by atoms with E-state index in [9.17, 15) is 14.4 Å². The van der Waals surface area contributed by atoms with Crippen LogP contribution in [0.5, 0.6) is 5.75 Å². The summed E-state index contributed by atoms with van der Waals surface area (Å²) in [6, 6.07) is 13.2. The van der Waals surface area contributed by atoms with Crippen molar-refractivity contribution in [3.8, 4) is 5.75 Å². The molecule has 0 aliphatic heterocycles. The summed E-state index contributed by atoms with van der Waals surface area (Å²) in [6.07, 6.45) is -0.137. The average Bonchev–Trinajstić information content (AvgIpc) is 2.72. The van der Waals surface area contributed by atoms with E-state index in [2.05, 4.69) is 21.5 Å². The first-order chi connectivity index (χ1) is 13.9. The fourth-order valence-corrected chi connectivity index (χ4v) is 2.47. The van der Waals surface area contributed by atoms with Gasteiger partial charge in [0.15, 0.2) is 5.11 Å². The number of para-hydroxylation sites is 1. The summed E-state index contributed by atoms with van der Waals surface area (Å²) < 4.78 is 5.02. The number of benzene rings is 2. The smallest absolute Gasteiger partial charge is 0.257 e. The summed E-state index contributed by atoms with van der Waals surface area (Å²) in [7, 11) is 1.53. The SMILES string of the molecule is COc1ccc(C(=O)NC(=S)NNC(=O)CCC(=O)Nc2ccccc2Cl)cc1. The minimum absolute atomic E-state index is 0.0519. The second-order valence-corrected chi connectivity index (χ2v) is 6.53. The van der Waals surface area contributed by atoms with Crippen molar-refractivity contribution < 1.29 is 19.1 Å². The van der Waals surface area contributed by atoms with Gasteiger partial charge in [-0.05, 0) is 48.6 Å². The van der Waals surface area contributed by atoms with Gasteiger partial charge < -0.3 is 10.1 Å². The molecule has 2 aromatic carbocycles. The first-order valence-corrected chi connectivity index (χ1v) is 9.26. The molecule has 0 heterocycles. The molecule has 29 heavy (non-hydrogen) atoms. The lowest BCUT2D eigenvalue weighted by Crippen LogP contribution is -2.48. The van der Waals surface area contributed by atoms with Crippen LogP contribution < -0.4 is 26.2 Å². The number of rotatable bonds is 6. The molecule has 10 heteroatoms. The average molecular weight is 435 g/mol. The Kier molecular flexibility index (Phi) is 8.38. The normalized spacial score (nSPS) is 9.86. The highest BCUT2D eigenvalue weighted by Crippen LogP contribution is 2.20. The highest BCUT2D eigenvalue weighted by atomic mass is 35.5. The van der Waals surface area contributed by atoms with Gasteiger partial charge in [0.2, 0.25) is 11.8 Å². The predicted octanol–water partition coefficient (Wildman–Crippen LogP) is 2.40. The Hall–Kier alpha value is -3.17. The third-order valence-corrected chi connectivity index (χ3v) is 4.16. The molecule has 152 valence electrons. The van der Waals surface area contributed by atoms with Gasteiger partial charge >= 0.3 is 0 Å². The van der Waals surface area contributed by atoms with E-state index in [-0.39, 0.29) is 23.9 Å². The van der Waals surface area contributed by atoms with Crippen molar-refractivity contribution in [2.45, 2.75) is 12.8 Å². The Labute approximate surface area is 177 Å². The number of amides is 3. The van der Waals surface area contributed by atoms with Gasteiger partial charge in [0, 0.05) is 18.4 Å². The van der Waals surface area contributed by atoms with Crippen LogP contribution >= 0.6 is 23.8 Å². The molecule has 8 nitrogen and oxygen atoms in total. The van der Waals surface area contributed by atoms with Crippen LogP contribution in [0.15, 0.2) is 48.5 Å². The number of methoxy groups -OCH3 is 1. The van der Waals surface area contributed by atoms with E-state index in [1.54, 1.807) is 48.5 Å². The number of carbonyl (C=O) groups is 3. The number of nitrogens with one attached hydrogen (secondary N) is 4. The number of ether oxygens (including phenoxy) is 1. The number of hydrogen-bond acceptors (Lipinski definition) is 5. The lowest BCUT2D eigenvalue weighted by molar-refractivity contribution is -0.124. The number of hydrogen-bond donors (Lipinski definition) is 4. The van der Waals surface area contributed by atoms with Crippen molar-refractivity contribution in [1.29, 1.82) is 0 Å². The minimum Gasteiger partial charge on any atom is -0.497 e. The number of hydrazine groups is 1. The van der Waals surface area contributed by atoms with Gasteiger partial charge in [-0.15, -0.1) is 0 Å². The second-order valence-electron chi connectivity index (χ2n) is 5.71. The number of thiocarbonyl (C=S) groups is 1. The molecule has 0 aliphatic carbocycles. The van der Waals surface area contributed by atoms with Crippen LogP contribution in [0, 0.1) is 0 Å². The Morgan fingerprint density at radius 3 is 2.28 bits per heavy atom. The van der Waals surface area contributed by atoms with Crippen LogP contribution in [0.1, 0.15) is 23.2 Å². The quantitative estimate of drug-likeness (QED) is 0.410. The summed E-state index contributed by atoms with van der Waals surface area (Å²) >= 11 is 10.9. The Morgan fingerprint density at radius 2 is 1.62 bits per heavy atom. The standard InChI is InChI=1S/C19H19ClN4O4S/c1-28-13-8-6-12(7-9-13)18(27)22-19(29)24-23-17(26)11-10-16(25)21-15-5-3-2-4-14(15)20/h2-9H,10-11H2,1H3,(H,21,25)(H,23,26)(H2,22,24,27,29). The molecule has 0 atom stereocenters. The van der Waals surface area contributed by atoms with Crippen molar-refractivity contribution in [3.05, 3.63) is 59.1 Å². The maximum Gasteiger partial charge on any atom is 0.257 e. The summed E-state index contributed by atoms with van der Waals surface area (Å²) in [5, 5.41) is 5.37. The molecular formula is C19H19ClN4O4S. The number of anilines is 1. The van der Waals surface area contributed by atoms with E-state index in [0.29, 0.717) is 22.0 Å². The molecule has 0 saturated carbocycles. The molecule has 2 rings (SSSR count). The lowest BCUT2D eigenvalue weighted by atomic mass is 10.2. The Bertz CT molecular complexity index is 905. The Morgan fingerprint density at radius 1 is 0.966 bits per heavy atom. The zero-order chi connectivity index (χ0) is 21.2. The van der Waals surface area contributed by atoms with E-state index < -0.39 is 11.8 Å². The zero-order valence-electron chi connectivity index (χ0n) is 15.5. The van der Waals surface area contributed by atoms with E-state index in [0.717, 1.165) is 0 Å². The third kappa shape index (κ3) is 7.40. The van der Waals surface area contributed by atoms with Crippen LogP contribution in [0.2, 0.25) is 5.02 Å². The Balaban J connectivity index is 1.69. The molecule has 0 aromatic heterocycles. The summed E-state index contributed by atoms with van der Waals surface area (Å²) in [6.45, 7) is 0. The first kappa shape index (κ1) is 22.1. The van der Waals surface area contributed by atoms with Crippen molar-refractivity contribution in [1.82, 2.24) is 16.2 Å². The van der Waals surface area contributed by atoms with Gasteiger partial charge in [0.05, 0.1) is 17.8 Å². The molecule has 0 unspecified atom stereocenters. The predicted molar refractivity (Wildman–Crippen MR) is 114 cm³/mol. The van der Waals surface area contributed by atoms with Crippen LogP contribution in [-0.2, 0) is 9.59 Å². The molecule has 0 aliphatic rings. The number of halogens is 1. The van der Waals surface area contributed by atoms with Gasteiger partial charge in [-0.3, -0.25) is 30.6 Å². The fraction of sp³-hybridized carbons (Fsp3) is 0.158. The summed E-state index contributed by atoms with van der Waals surface area (Å²) in [4.78, 5) is 35.8. The van der Waals surface area contributed by atoms with Crippen LogP contribution in [0.4, 0.5) is 5.69 Å². The van der Waals surface area contributed by atoms with Gasteiger partial charge in [0.25, 0.3) is 5.91 Å². The second kappa shape index (κ2) is 11.0.